The Morgan fingerprint density at radius 2 is 1.83 bits per heavy atom. The van der Waals surface area contributed by atoms with Crippen LogP contribution in [0.15, 0.2) is 30.3 Å². The van der Waals surface area contributed by atoms with Crippen LogP contribution in [0.1, 0.15) is 63.9 Å². The molecule has 0 radical (unpaired) electrons. The SMILES string of the molecule is CCN(CC)Cc1ccc(OC)c(-c2ccc(O)c3c2CC(CC(CCO)C(CO)C(=O)CC(N)=O)CC3=O)c1.O.[HH].[HH]. The van der Waals surface area contributed by atoms with E-state index >= 15 is 0 Å². The number of rotatable bonds is 15. The zero-order valence-electron chi connectivity index (χ0n) is 24.2. The van der Waals surface area contributed by atoms with Gasteiger partial charge in [-0.05, 0) is 79.1 Å². The summed E-state index contributed by atoms with van der Waals surface area (Å²) in [6, 6.07) is 9.36. The van der Waals surface area contributed by atoms with Gasteiger partial charge in [0.25, 0.3) is 0 Å². The molecule has 0 spiro atoms. The molecule has 0 aliphatic heterocycles. The Bertz CT molecular complexity index is 1220. The topological polar surface area (TPSA) is 182 Å². The minimum absolute atomic E-state index is 0. The van der Waals surface area contributed by atoms with E-state index in [0.717, 1.165) is 36.3 Å². The molecule has 1 aliphatic carbocycles. The number of primary amides is 1. The van der Waals surface area contributed by atoms with Crippen LogP contribution >= 0.6 is 0 Å². The predicted octanol–water partition coefficient (Wildman–Crippen LogP) is 2.76. The minimum Gasteiger partial charge on any atom is -0.507 e. The van der Waals surface area contributed by atoms with E-state index in [-0.39, 0.29) is 45.2 Å². The van der Waals surface area contributed by atoms with E-state index in [2.05, 4.69) is 24.8 Å². The molecule has 3 unspecified atom stereocenters. The fraction of sp³-hybridized carbons (Fsp3) is 0.516. The normalized spacial score (nSPS) is 16.0. The predicted molar refractivity (Wildman–Crippen MR) is 160 cm³/mol. The second-order valence-corrected chi connectivity index (χ2v) is 10.6. The molecule has 2 aromatic carbocycles. The lowest BCUT2D eigenvalue weighted by atomic mass is 9.72. The number of benzene rings is 2. The number of ketones is 2. The average Bonchev–Trinajstić information content (AvgIpc) is 2.91. The number of nitrogens with two attached hydrogens (primary N) is 1. The highest BCUT2D eigenvalue weighted by Crippen LogP contribution is 2.43. The molecule has 0 saturated heterocycles. The van der Waals surface area contributed by atoms with E-state index in [4.69, 9.17) is 10.5 Å². The average molecular weight is 577 g/mol. The molecule has 230 valence electrons. The highest BCUT2D eigenvalue weighted by molar-refractivity contribution is 6.03. The van der Waals surface area contributed by atoms with Gasteiger partial charge in [-0.25, -0.2) is 0 Å². The van der Waals surface area contributed by atoms with Gasteiger partial charge in [0.05, 0.1) is 25.7 Å². The van der Waals surface area contributed by atoms with E-state index in [1.165, 1.54) is 0 Å². The summed E-state index contributed by atoms with van der Waals surface area (Å²) >= 11 is 0. The van der Waals surface area contributed by atoms with Crippen LogP contribution < -0.4 is 10.5 Å². The smallest absolute Gasteiger partial charge is 0.224 e. The number of amides is 1. The Balaban J connectivity index is 0.00000588. The molecule has 10 nitrogen and oxygen atoms in total. The lowest BCUT2D eigenvalue weighted by Gasteiger charge is -2.32. The maximum absolute atomic E-state index is 13.4. The third-order valence-electron chi connectivity index (χ3n) is 8.06. The molecular formula is C31H48N2O8. The molecule has 0 bridgehead atoms. The van der Waals surface area contributed by atoms with Crippen molar-refractivity contribution in [3.05, 3.63) is 47.0 Å². The third-order valence-corrected chi connectivity index (χ3v) is 8.06. The van der Waals surface area contributed by atoms with Gasteiger partial charge in [0, 0.05) is 33.9 Å². The van der Waals surface area contributed by atoms with Crippen LogP contribution in [0.3, 0.4) is 0 Å². The van der Waals surface area contributed by atoms with E-state index < -0.39 is 36.6 Å². The Hall–Kier alpha value is -3.31. The second kappa shape index (κ2) is 15.6. The first-order valence-corrected chi connectivity index (χ1v) is 14.0. The van der Waals surface area contributed by atoms with Crippen LogP contribution in [0.5, 0.6) is 11.5 Å². The molecule has 7 N–H and O–H groups in total. The number of carbonyl (C=O) groups is 3. The first-order valence-electron chi connectivity index (χ1n) is 14.0. The van der Waals surface area contributed by atoms with E-state index in [9.17, 15) is 29.7 Å². The molecule has 41 heavy (non-hydrogen) atoms. The zero-order valence-corrected chi connectivity index (χ0v) is 24.2. The number of ether oxygens (including phenoxy) is 1. The van der Waals surface area contributed by atoms with Crippen molar-refractivity contribution in [3.63, 3.8) is 0 Å². The van der Waals surface area contributed by atoms with Crippen molar-refractivity contribution in [3.8, 4) is 22.6 Å². The number of hydrogen-bond acceptors (Lipinski definition) is 8. The van der Waals surface area contributed by atoms with Crippen molar-refractivity contribution in [2.75, 3.05) is 33.4 Å². The monoisotopic (exact) mass is 576 g/mol. The van der Waals surface area contributed by atoms with Crippen molar-refractivity contribution in [1.29, 1.82) is 0 Å². The lowest BCUT2D eigenvalue weighted by Crippen LogP contribution is -2.33. The van der Waals surface area contributed by atoms with Gasteiger partial charge < -0.3 is 31.3 Å². The summed E-state index contributed by atoms with van der Waals surface area (Å²) in [4.78, 5) is 39.7. The Morgan fingerprint density at radius 1 is 1.12 bits per heavy atom. The first-order chi connectivity index (χ1) is 19.2. The fourth-order valence-electron chi connectivity index (χ4n) is 5.97. The molecule has 1 aliphatic rings. The van der Waals surface area contributed by atoms with E-state index in [1.807, 2.05) is 12.1 Å². The van der Waals surface area contributed by atoms with Gasteiger partial charge in [-0.15, -0.1) is 0 Å². The summed E-state index contributed by atoms with van der Waals surface area (Å²) in [5.41, 5.74) is 8.94. The number of phenolic OH excluding ortho intramolecular Hbond substituents is 1. The number of aliphatic hydroxyl groups is 2. The van der Waals surface area contributed by atoms with Crippen LogP contribution in [0, 0.1) is 17.8 Å². The van der Waals surface area contributed by atoms with Crippen LogP contribution in [0.2, 0.25) is 0 Å². The molecule has 10 heteroatoms. The van der Waals surface area contributed by atoms with Crippen molar-refractivity contribution in [1.82, 2.24) is 4.90 Å². The lowest BCUT2D eigenvalue weighted by molar-refractivity contribution is -0.131. The number of fused-ring (bicyclic) bond motifs is 1. The number of nitrogens with zero attached hydrogens (tertiary/aromatic N) is 1. The molecule has 0 heterocycles. The molecule has 0 saturated carbocycles. The quantitative estimate of drug-likeness (QED) is 0.233. The van der Waals surface area contributed by atoms with Gasteiger partial charge in [0.1, 0.15) is 17.3 Å². The summed E-state index contributed by atoms with van der Waals surface area (Å²) in [5, 5.41) is 30.4. The molecule has 1 amide bonds. The van der Waals surface area contributed by atoms with Crippen LogP contribution in [-0.2, 0) is 22.6 Å². The van der Waals surface area contributed by atoms with Gasteiger partial charge in [-0.2, -0.15) is 0 Å². The number of Topliss-reactive ketones (excluding diaryl/α,β-unsaturated/α-hetero) is 2. The highest BCUT2D eigenvalue weighted by atomic mass is 16.5. The van der Waals surface area contributed by atoms with Gasteiger partial charge >= 0.3 is 0 Å². The summed E-state index contributed by atoms with van der Waals surface area (Å²) in [6.45, 7) is 6.13. The van der Waals surface area contributed by atoms with Crippen molar-refractivity contribution in [2.24, 2.45) is 23.5 Å². The van der Waals surface area contributed by atoms with E-state index in [0.29, 0.717) is 29.7 Å². The Kier molecular flexibility index (Phi) is 12.9. The number of phenols is 1. The molecule has 2 aromatic rings. The number of methoxy groups -OCH3 is 1. The van der Waals surface area contributed by atoms with Gasteiger partial charge in [-0.3, -0.25) is 19.3 Å². The molecule has 3 rings (SSSR count). The Labute approximate surface area is 244 Å². The number of aliphatic hydroxyl groups excluding tert-OH is 2. The van der Waals surface area contributed by atoms with Crippen LogP contribution in [0.25, 0.3) is 11.1 Å². The largest absolute Gasteiger partial charge is 0.507 e. The molecule has 0 aromatic heterocycles. The van der Waals surface area contributed by atoms with Crippen molar-refractivity contribution < 1.29 is 42.8 Å². The second-order valence-electron chi connectivity index (χ2n) is 10.6. The van der Waals surface area contributed by atoms with Crippen LogP contribution in [-0.4, -0.2) is 76.6 Å². The van der Waals surface area contributed by atoms with Crippen molar-refractivity contribution >= 4 is 17.5 Å². The first kappa shape index (κ1) is 33.9. The van der Waals surface area contributed by atoms with Gasteiger partial charge in [-0.1, -0.05) is 26.0 Å². The van der Waals surface area contributed by atoms with Gasteiger partial charge in [0.2, 0.25) is 5.91 Å². The highest BCUT2D eigenvalue weighted by Gasteiger charge is 2.35. The number of aromatic hydroxyl groups is 1. The summed E-state index contributed by atoms with van der Waals surface area (Å²) in [5.74, 6) is -2.36. The summed E-state index contributed by atoms with van der Waals surface area (Å²) in [6.07, 6.45) is 0.754. The van der Waals surface area contributed by atoms with Crippen LogP contribution in [0.4, 0.5) is 0 Å². The van der Waals surface area contributed by atoms with E-state index in [1.54, 1.807) is 19.2 Å². The standard InChI is InChI=1S/C31H42N2O7.H2O.2H2/c1-4-33(5-2)17-19-6-9-29(40-3)23(13-19)22-7-8-26(36)31-24(22)14-20(15-28(31)38)12-21(10-11-34)25(18-35)27(37)16-30(32)39;;;/h6-9,13,20-21,25,34-36H,4-5,10-12,14-18H2,1-3H3,(H2,32,39);1H2;2*1H. The fourth-order valence-corrected chi connectivity index (χ4v) is 5.97. The molecule has 0 fully saturated rings. The maximum Gasteiger partial charge on any atom is 0.224 e. The van der Waals surface area contributed by atoms with Gasteiger partial charge in [0.15, 0.2) is 5.78 Å². The third kappa shape index (κ3) is 8.13. The molecular weight excluding hydrogens is 528 g/mol. The summed E-state index contributed by atoms with van der Waals surface area (Å²) < 4.78 is 5.70. The number of carbonyl (C=O) groups excluding carboxylic acids is 3. The maximum atomic E-state index is 13.4. The zero-order chi connectivity index (χ0) is 29.4. The minimum atomic E-state index is -0.864. The summed E-state index contributed by atoms with van der Waals surface area (Å²) in [7, 11) is 1.60. The number of hydrogen-bond donors (Lipinski definition) is 4. The molecule has 3 atom stereocenters. The van der Waals surface area contributed by atoms with Crippen molar-refractivity contribution in [2.45, 2.75) is 52.5 Å². The Morgan fingerprint density at radius 3 is 2.41 bits per heavy atom.